The van der Waals surface area contributed by atoms with Gasteiger partial charge < -0.3 is 25.7 Å². The van der Waals surface area contributed by atoms with Crippen LogP contribution in [0.4, 0.5) is 0 Å². The number of hydrogen-bond acceptors (Lipinski definition) is 6. The zero-order chi connectivity index (χ0) is 19.9. The van der Waals surface area contributed by atoms with Crippen molar-refractivity contribution in [3.8, 4) is 0 Å². The summed E-state index contributed by atoms with van der Waals surface area (Å²) in [6.45, 7) is 7.67. The van der Waals surface area contributed by atoms with E-state index in [1.807, 2.05) is 14.0 Å². The van der Waals surface area contributed by atoms with Gasteiger partial charge in [-0.25, -0.2) is 4.79 Å². The molecule has 0 aromatic heterocycles. The first kappa shape index (κ1) is 20.6. The van der Waals surface area contributed by atoms with Gasteiger partial charge in [-0.3, -0.25) is 4.79 Å². The van der Waals surface area contributed by atoms with Crippen LogP contribution < -0.4 is 10.6 Å². The average Bonchev–Trinajstić information content (AvgIpc) is 3.15. The first-order valence-corrected chi connectivity index (χ1v) is 10.7. The highest BCUT2D eigenvalue weighted by molar-refractivity contribution is 8.03. The topological polar surface area (TPSA) is 102 Å². The summed E-state index contributed by atoms with van der Waals surface area (Å²) in [5.41, 5.74) is 0.131. The number of nitrogens with zero attached hydrogens (tertiary/aromatic N) is 1. The van der Waals surface area contributed by atoms with Crippen LogP contribution >= 0.6 is 11.8 Å². The summed E-state index contributed by atoms with van der Waals surface area (Å²) in [5, 5.41) is 26.7. The fraction of sp³-hybridized carbons (Fsp3) is 0.789. The molecule has 0 spiro atoms. The first-order valence-electron chi connectivity index (χ1n) is 9.81. The van der Waals surface area contributed by atoms with Gasteiger partial charge >= 0.3 is 5.97 Å². The number of carboxylic acids is 1. The third-order valence-corrected chi connectivity index (χ3v) is 7.78. The lowest BCUT2D eigenvalue weighted by Crippen LogP contribution is -2.63. The number of rotatable bonds is 8. The molecule has 0 saturated carbocycles. The van der Waals surface area contributed by atoms with Gasteiger partial charge in [-0.15, -0.1) is 11.8 Å². The molecule has 1 amide bonds. The maximum absolute atomic E-state index is 12.4. The van der Waals surface area contributed by atoms with E-state index in [1.165, 1.54) is 4.90 Å². The van der Waals surface area contributed by atoms with Crippen molar-refractivity contribution in [3.05, 3.63) is 10.6 Å². The number of carbonyl (C=O) groups excluding carboxylic acids is 1. The van der Waals surface area contributed by atoms with Crippen LogP contribution in [0.15, 0.2) is 10.6 Å². The maximum atomic E-state index is 12.4. The van der Waals surface area contributed by atoms with Crippen LogP contribution in [-0.4, -0.2) is 70.6 Å². The summed E-state index contributed by atoms with van der Waals surface area (Å²) < 4.78 is 0. The zero-order valence-corrected chi connectivity index (χ0v) is 17.3. The molecule has 8 heteroatoms. The van der Waals surface area contributed by atoms with E-state index in [4.69, 9.17) is 0 Å². The van der Waals surface area contributed by atoms with Gasteiger partial charge in [0, 0.05) is 28.7 Å². The van der Waals surface area contributed by atoms with E-state index in [0.717, 1.165) is 30.8 Å². The third-order valence-electron chi connectivity index (χ3n) is 6.27. The Kier molecular flexibility index (Phi) is 6.20. The van der Waals surface area contributed by atoms with E-state index in [9.17, 15) is 19.8 Å². The fourth-order valence-corrected chi connectivity index (χ4v) is 6.18. The Hall–Kier alpha value is -1.09. The molecular weight excluding hydrogens is 366 g/mol. The van der Waals surface area contributed by atoms with Crippen molar-refractivity contribution in [1.82, 2.24) is 15.5 Å². The van der Waals surface area contributed by atoms with E-state index >= 15 is 0 Å². The van der Waals surface area contributed by atoms with Crippen molar-refractivity contribution in [2.75, 3.05) is 20.1 Å². The van der Waals surface area contributed by atoms with Crippen molar-refractivity contribution < 1.29 is 19.8 Å². The molecule has 1 unspecified atom stereocenters. The Morgan fingerprint density at radius 1 is 1.44 bits per heavy atom. The number of aliphatic hydroxyl groups is 1. The highest BCUT2D eigenvalue weighted by Crippen LogP contribution is 2.51. The van der Waals surface area contributed by atoms with E-state index in [0.29, 0.717) is 17.2 Å². The number of nitrogens with one attached hydrogen (secondary N) is 2. The van der Waals surface area contributed by atoms with E-state index in [1.54, 1.807) is 18.7 Å². The maximum Gasteiger partial charge on any atom is 0.353 e. The van der Waals surface area contributed by atoms with Crippen LogP contribution in [-0.2, 0) is 9.59 Å². The van der Waals surface area contributed by atoms with Crippen LogP contribution in [0.5, 0.6) is 0 Å². The van der Waals surface area contributed by atoms with Crippen LogP contribution in [0.25, 0.3) is 0 Å². The van der Waals surface area contributed by atoms with E-state index in [-0.39, 0.29) is 23.6 Å². The fourth-order valence-electron chi connectivity index (χ4n) is 4.69. The van der Waals surface area contributed by atoms with Crippen LogP contribution in [0.2, 0.25) is 0 Å². The monoisotopic (exact) mass is 397 g/mol. The summed E-state index contributed by atoms with van der Waals surface area (Å²) in [6.07, 6.45) is 1.34. The minimum atomic E-state index is -1.05. The zero-order valence-electron chi connectivity index (χ0n) is 16.4. The minimum Gasteiger partial charge on any atom is -0.477 e. The van der Waals surface area contributed by atoms with Gasteiger partial charge in [0.25, 0.3) is 0 Å². The number of β-lactam (4-membered cyclic amide) rings is 1. The van der Waals surface area contributed by atoms with Gasteiger partial charge in [-0.2, -0.15) is 0 Å². The van der Waals surface area contributed by atoms with Crippen LogP contribution in [0, 0.1) is 17.8 Å². The highest BCUT2D eigenvalue weighted by Gasteiger charge is 2.60. The predicted octanol–water partition coefficient (Wildman–Crippen LogP) is 0.849. The Morgan fingerprint density at radius 2 is 2.15 bits per heavy atom. The Morgan fingerprint density at radius 3 is 2.74 bits per heavy atom. The molecule has 3 aliphatic rings. The SMILES string of the molecule is CNCCC(C)[C@H]1C[C@H](SC2=C(C(=O)O)N3C(=O)[C@H]([C@@H](C)O)[C@H]3[C@H]2C)CN1. The number of hydrogen-bond donors (Lipinski definition) is 4. The molecule has 3 heterocycles. The van der Waals surface area contributed by atoms with Crippen molar-refractivity contribution in [3.63, 3.8) is 0 Å². The lowest BCUT2D eigenvalue weighted by Gasteiger charge is -2.46. The Bertz CT molecular complexity index is 638. The first-order chi connectivity index (χ1) is 12.8. The highest BCUT2D eigenvalue weighted by atomic mass is 32.2. The summed E-state index contributed by atoms with van der Waals surface area (Å²) in [5.74, 6) is -1.31. The molecule has 152 valence electrons. The van der Waals surface area contributed by atoms with Crippen molar-refractivity contribution in [2.24, 2.45) is 17.8 Å². The summed E-state index contributed by atoms with van der Waals surface area (Å²) in [7, 11) is 1.96. The largest absolute Gasteiger partial charge is 0.477 e. The molecule has 0 aromatic rings. The van der Waals surface area contributed by atoms with Crippen molar-refractivity contribution in [2.45, 2.75) is 57.1 Å². The molecule has 27 heavy (non-hydrogen) atoms. The van der Waals surface area contributed by atoms with Gasteiger partial charge in [0.1, 0.15) is 5.70 Å². The number of aliphatic hydroxyl groups excluding tert-OH is 1. The Labute approximate surface area is 164 Å². The minimum absolute atomic E-state index is 0.0563. The van der Waals surface area contributed by atoms with Crippen LogP contribution in [0.3, 0.4) is 0 Å². The van der Waals surface area contributed by atoms with Crippen LogP contribution in [0.1, 0.15) is 33.6 Å². The number of carbonyl (C=O) groups is 2. The van der Waals surface area contributed by atoms with Gasteiger partial charge in [0.2, 0.25) is 5.91 Å². The summed E-state index contributed by atoms with van der Waals surface area (Å²) in [4.78, 5) is 26.5. The molecule has 3 rings (SSSR count). The molecule has 3 aliphatic heterocycles. The average molecular weight is 398 g/mol. The van der Waals surface area contributed by atoms with E-state index in [2.05, 4.69) is 17.6 Å². The molecular formula is C19H31N3O4S. The van der Waals surface area contributed by atoms with Crippen molar-refractivity contribution >= 4 is 23.6 Å². The normalized spacial score (nSPS) is 35.2. The number of aliphatic carboxylic acids is 1. The molecule has 2 saturated heterocycles. The third kappa shape index (κ3) is 3.64. The molecule has 4 N–H and O–H groups in total. The second-order valence-corrected chi connectivity index (χ2v) is 9.47. The van der Waals surface area contributed by atoms with Gasteiger partial charge in [-0.1, -0.05) is 13.8 Å². The van der Waals surface area contributed by atoms with Gasteiger partial charge in [0.15, 0.2) is 0 Å². The summed E-state index contributed by atoms with van der Waals surface area (Å²) in [6, 6.07) is 0.205. The van der Waals surface area contributed by atoms with Gasteiger partial charge in [0.05, 0.1) is 18.1 Å². The Balaban J connectivity index is 1.71. The molecule has 0 aliphatic carbocycles. The smallest absolute Gasteiger partial charge is 0.353 e. The van der Waals surface area contributed by atoms with Crippen molar-refractivity contribution in [1.29, 1.82) is 0 Å². The molecule has 0 bridgehead atoms. The summed E-state index contributed by atoms with van der Waals surface area (Å²) >= 11 is 1.61. The number of carboxylic acid groups (broad SMARTS) is 1. The second-order valence-electron chi connectivity index (χ2n) is 8.13. The number of thioether (sulfide) groups is 1. The van der Waals surface area contributed by atoms with E-state index < -0.39 is 18.0 Å². The molecule has 7 nitrogen and oxygen atoms in total. The molecule has 7 atom stereocenters. The molecule has 0 radical (unpaired) electrons. The molecule has 2 fully saturated rings. The second kappa shape index (κ2) is 8.11. The lowest BCUT2D eigenvalue weighted by atomic mass is 9.79. The lowest BCUT2D eigenvalue weighted by molar-refractivity contribution is -0.163. The molecule has 0 aromatic carbocycles. The van der Waals surface area contributed by atoms with Gasteiger partial charge in [-0.05, 0) is 39.3 Å². The quantitative estimate of drug-likeness (QED) is 0.450. The number of amides is 1. The number of fused-ring (bicyclic) bond motifs is 1. The standard InChI is InChI=1S/C19H31N3O4S/c1-9(5-6-20-4)13-7-12(8-21-13)27-17-10(2)15-14(11(3)23)18(24)22(15)16(17)19(25)26/h9-15,20-21,23H,5-8H2,1-4H3,(H,25,26)/t9?,10-,11-,12+,13-,14-,15-/m1/s1. The predicted molar refractivity (Wildman–Crippen MR) is 105 cm³/mol.